The molecule has 0 aliphatic rings. The number of esters is 1. The highest BCUT2D eigenvalue weighted by Gasteiger charge is 2.18. The Morgan fingerprint density at radius 1 is 1.58 bits per heavy atom. The summed E-state index contributed by atoms with van der Waals surface area (Å²) in [7, 11) is 0. The van der Waals surface area contributed by atoms with Crippen LogP contribution in [-0.2, 0) is 14.3 Å². The molecule has 0 unspecified atom stereocenters. The predicted molar refractivity (Wildman–Crippen MR) is 48.1 cm³/mol. The molecule has 0 aliphatic carbocycles. The van der Waals surface area contributed by atoms with Crippen LogP contribution in [0.2, 0.25) is 0 Å². The topological polar surface area (TPSA) is 55.4 Å². The summed E-state index contributed by atoms with van der Waals surface area (Å²) in [5, 5.41) is 2.42. The lowest BCUT2D eigenvalue weighted by Gasteiger charge is -2.12. The molecule has 0 saturated heterocycles. The normalized spacial score (nSPS) is 11.9. The zero-order valence-corrected chi connectivity index (χ0v) is 8.06. The van der Waals surface area contributed by atoms with Crippen LogP contribution in [0.4, 0.5) is 0 Å². The number of hydrogen-bond acceptors (Lipinski definition) is 4. The van der Waals surface area contributed by atoms with Crippen LogP contribution in [0.3, 0.4) is 0 Å². The molecule has 5 heteroatoms. The molecular weight excluding hydrogens is 178 g/mol. The van der Waals surface area contributed by atoms with E-state index >= 15 is 0 Å². The number of carbonyl (C=O) groups is 2. The van der Waals surface area contributed by atoms with Crippen LogP contribution in [0.1, 0.15) is 13.8 Å². The van der Waals surface area contributed by atoms with Crippen molar-refractivity contribution in [2.45, 2.75) is 19.9 Å². The molecular formula is C7H13NO3S. The average molecular weight is 191 g/mol. The molecule has 1 N–H and O–H groups in total. The second kappa shape index (κ2) is 5.88. The van der Waals surface area contributed by atoms with Crippen molar-refractivity contribution in [1.82, 2.24) is 5.32 Å². The molecule has 0 aliphatic heterocycles. The third-order valence-electron chi connectivity index (χ3n) is 1.13. The first-order valence-electron chi connectivity index (χ1n) is 3.66. The number of carbonyl (C=O) groups excluding carboxylic acids is 2. The highest BCUT2D eigenvalue weighted by atomic mass is 32.1. The minimum Gasteiger partial charge on any atom is -0.464 e. The van der Waals surface area contributed by atoms with E-state index in [2.05, 4.69) is 17.9 Å². The van der Waals surface area contributed by atoms with Crippen LogP contribution >= 0.6 is 12.6 Å². The van der Waals surface area contributed by atoms with E-state index in [-0.39, 0.29) is 11.7 Å². The quantitative estimate of drug-likeness (QED) is 0.485. The number of amides is 1. The Morgan fingerprint density at radius 3 is 2.50 bits per heavy atom. The van der Waals surface area contributed by atoms with Gasteiger partial charge in [-0.25, -0.2) is 4.79 Å². The fourth-order valence-corrected chi connectivity index (χ4v) is 0.908. The molecule has 0 heterocycles. The zero-order chi connectivity index (χ0) is 9.56. The molecule has 0 spiro atoms. The Kier molecular flexibility index (Phi) is 5.53. The molecule has 0 bridgehead atoms. The number of ether oxygens (including phenoxy) is 1. The van der Waals surface area contributed by atoms with E-state index in [1.807, 2.05) is 0 Å². The zero-order valence-electron chi connectivity index (χ0n) is 7.16. The van der Waals surface area contributed by atoms with Gasteiger partial charge in [-0.1, -0.05) is 0 Å². The summed E-state index contributed by atoms with van der Waals surface area (Å²) in [4.78, 5) is 21.6. The second-order valence-electron chi connectivity index (χ2n) is 2.19. The van der Waals surface area contributed by atoms with Crippen molar-refractivity contribution in [1.29, 1.82) is 0 Å². The smallest absolute Gasteiger partial charge is 0.329 e. The summed E-state index contributed by atoms with van der Waals surface area (Å²) in [6.07, 6.45) is 0. The Labute approximate surface area is 77.1 Å². The highest BCUT2D eigenvalue weighted by Crippen LogP contribution is 1.92. The van der Waals surface area contributed by atoms with E-state index in [0.717, 1.165) is 0 Å². The van der Waals surface area contributed by atoms with Crippen LogP contribution in [-0.4, -0.2) is 30.3 Å². The lowest BCUT2D eigenvalue weighted by atomic mass is 10.3. The van der Waals surface area contributed by atoms with Crippen LogP contribution in [0.25, 0.3) is 0 Å². The minimum atomic E-state index is -0.634. The van der Waals surface area contributed by atoms with Crippen LogP contribution in [0, 0.1) is 0 Å². The van der Waals surface area contributed by atoms with Crippen molar-refractivity contribution in [2.24, 2.45) is 0 Å². The molecule has 0 aromatic rings. The predicted octanol–water partition coefficient (Wildman–Crippen LogP) is -0.0160. The van der Waals surface area contributed by atoms with E-state index in [1.54, 1.807) is 6.92 Å². The minimum absolute atomic E-state index is 0.248. The summed E-state index contributed by atoms with van der Waals surface area (Å²) in [6.45, 7) is 3.36. The molecule has 1 amide bonds. The van der Waals surface area contributed by atoms with Gasteiger partial charge in [0.1, 0.15) is 6.04 Å². The maximum Gasteiger partial charge on any atom is 0.329 e. The molecule has 12 heavy (non-hydrogen) atoms. The largest absolute Gasteiger partial charge is 0.464 e. The maximum atomic E-state index is 11.0. The fourth-order valence-electron chi connectivity index (χ4n) is 0.667. The SMILES string of the molecule is CCOC(=O)[C@@H](CS)NC(C)=O. The first-order valence-corrected chi connectivity index (χ1v) is 4.29. The molecule has 0 rings (SSSR count). The Balaban J connectivity index is 3.96. The second-order valence-corrected chi connectivity index (χ2v) is 2.55. The summed E-state index contributed by atoms with van der Waals surface area (Å²) in [5.41, 5.74) is 0. The molecule has 70 valence electrons. The van der Waals surface area contributed by atoms with Gasteiger partial charge >= 0.3 is 5.97 Å². The van der Waals surface area contributed by atoms with E-state index in [9.17, 15) is 9.59 Å². The van der Waals surface area contributed by atoms with Crippen LogP contribution < -0.4 is 5.32 Å². The molecule has 0 saturated carbocycles. The first kappa shape index (κ1) is 11.3. The molecule has 0 radical (unpaired) electrons. The lowest BCUT2D eigenvalue weighted by Crippen LogP contribution is -2.42. The monoisotopic (exact) mass is 191 g/mol. The number of hydrogen-bond donors (Lipinski definition) is 2. The van der Waals surface area contributed by atoms with Gasteiger partial charge in [-0.2, -0.15) is 12.6 Å². The van der Waals surface area contributed by atoms with E-state index in [4.69, 9.17) is 4.74 Å². The van der Waals surface area contributed by atoms with Gasteiger partial charge in [0.2, 0.25) is 5.91 Å². The fraction of sp³-hybridized carbons (Fsp3) is 0.714. The Hall–Kier alpha value is -0.710. The standard InChI is InChI=1S/C7H13NO3S/c1-3-11-7(10)6(4-12)8-5(2)9/h6,12H,3-4H2,1-2H3,(H,8,9)/t6-/m1/s1. The van der Waals surface area contributed by atoms with Gasteiger partial charge in [0.25, 0.3) is 0 Å². The Bertz CT molecular complexity index is 172. The van der Waals surface area contributed by atoms with Crippen molar-refractivity contribution in [3.05, 3.63) is 0 Å². The van der Waals surface area contributed by atoms with E-state index in [1.165, 1.54) is 6.92 Å². The number of thiol groups is 1. The van der Waals surface area contributed by atoms with Crippen molar-refractivity contribution >= 4 is 24.5 Å². The van der Waals surface area contributed by atoms with Crippen molar-refractivity contribution in [3.8, 4) is 0 Å². The average Bonchev–Trinajstić information content (AvgIpc) is 2.00. The van der Waals surface area contributed by atoms with Gasteiger partial charge in [0, 0.05) is 12.7 Å². The molecule has 0 aromatic heterocycles. The van der Waals surface area contributed by atoms with Gasteiger partial charge in [-0.15, -0.1) is 0 Å². The van der Waals surface area contributed by atoms with Crippen molar-refractivity contribution < 1.29 is 14.3 Å². The van der Waals surface area contributed by atoms with Gasteiger partial charge in [-0.3, -0.25) is 4.79 Å². The lowest BCUT2D eigenvalue weighted by molar-refractivity contribution is -0.146. The third kappa shape index (κ3) is 4.23. The van der Waals surface area contributed by atoms with Crippen LogP contribution in [0.15, 0.2) is 0 Å². The van der Waals surface area contributed by atoms with Crippen LogP contribution in [0.5, 0.6) is 0 Å². The maximum absolute atomic E-state index is 11.0. The highest BCUT2D eigenvalue weighted by molar-refractivity contribution is 7.80. The van der Waals surface area contributed by atoms with Gasteiger partial charge in [-0.05, 0) is 6.92 Å². The molecule has 0 fully saturated rings. The Morgan fingerprint density at radius 2 is 2.17 bits per heavy atom. The molecule has 1 atom stereocenters. The number of rotatable bonds is 4. The van der Waals surface area contributed by atoms with Gasteiger partial charge < -0.3 is 10.1 Å². The summed E-state index contributed by atoms with van der Waals surface area (Å²) in [5.74, 6) is -0.455. The summed E-state index contributed by atoms with van der Waals surface area (Å²) < 4.78 is 4.69. The summed E-state index contributed by atoms with van der Waals surface area (Å²) >= 11 is 3.91. The van der Waals surface area contributed by atoms with Gasteiger partial charge in [0.15, 0.2) is 0 Å². The van der Waals surface area contributed by atoms with Crippen molar-refractivity contribution in [2.75, 3.05) is 12.4 Å². The first-order chi connectivity index (χ1) is 5.61. The summed E-state index contributed by atoms with van der Waals surface area (Å²) in [6, 6.07) is -0.634. The molecule has 4 nitrogen and oxygen atoms in total. The number of nitrogens with one attached hydrogen (secondary N) is 1. The molecule has 0 aromatic carbocycles. The third-order valence-corrected chi connectivity index (χ3v) is 1.50. The van der Waals surface area contributed by atoms with Crippen molar-refractivity contribution in [3.63, 3.8) is 0 Å². The van der Waals surface area contributed by atoms with E-state index in [0.29, 0.717) is 6.61 Å². The van der Waals surface area contributed by atoms with E-state index < -0.39 is 12.0 Å². The van der Waals surface area contributed by atoms with Gasteiger partial charge in [0.05, 0.1) is 6.61 Å².